The number of benzene rings is 1. The smallest absolute Gasteiger partial charge is 0.126 e. The van der Waals surface area contributed by atoms with Gasteiger partial charge in [0.05, 0.1) is 0 Å². The summed E-state index contributed by atoms with van der Waals surface area (Å²) >= 11 is 1.70. The van der Waals surface area contributed by atoms with Crippen LogP contribution >= 0.6 is 11.3 Å². The molecule has 0 bridgehead atoms. The Morgan fingerprint density at radius 2 is 2.00 bits per heavy atom. The van der Waals surface area contributed by atoms with Crippen molar-refractivity contribution in [1.82, 2.24) is 0 Å². The van der Waals surface area contributed by atoms with Crippen molar-refractivity contribution < 1.29 is 9.50 Å². The number of hydrogen-bond acceptors (Lipinski definition) is 2. The van der Waals surface area contributed by atoms with Gasteiger partial charge in [0.15, 0.2) is 0 Å². The van der Waals surface area contributed by atoms with Crippen LogP contribution < -0.4 is 0 Å². The van der Waals surface area contributed by atoms with Crippen LogP contribution in [0.15, 0.2) is 24.3 Å². The molecule has 2 aromatic rings. The largest absolute Gasteiger partial charge is 0.383 e. The lowest BCUT2D eigenvalue weighted by molar-refractivity contribution is 0.224. The highest BCUT2D eigenvalue weighted by Gasteiger charge is 2.19. The number of aliphatic hydroxyl groups is 1. The second kappa shape index (κ2) is 5.06. The molecule has 100 valence electrons. The molecule has 0 spiro atoms. The number of hydrogen-bond donors (Lipinski definition) is 1. The van der Waals surface area contributed by atoms with Crippen molar-refractivity contribution in [2.24, 2.45) is 0 Å². The van der Waals surface area contributed by atoms with E-state index in [2.05, 4.69) is 6.07 Å². The van der Waals surface area contributed by atoms with Crippen LogP contribution in [0.5, 0.6) is 0 Å². The quantitative estimate of drug-likeness (QED) is 0.873. The Balaban J connectivity index is 1.92. The molecule has 1 atom stereocenters. The fourth-order valence-electron chi connectivity index (χ4n) is 2.65. The molecular weight excluding hydrogens is 259 g/mol. The van der Waals surface area contributed by atoms with E-state index in [1.165, 1.54) is 29.3 Å². The summed E-state index contributed by atoms with van der Waals surface area (Å²) in [5.41, 5.74) is 2.75. The van der Waals surface area contributed by atoms with E-state index in [0.717, 1.165) is 23.3 Å². The van der Waals surface area contributed by atoms with Gasteiger partial charge >= 0.3 is 0 Å². The predicted molar refractivity (Wildman–Crippen MR) is 76.2 cm³/mol. The monoisotopic (exact) mass is 276 g/mol. The van der Waals surface area contributed by atoms with E-state index in [1.54, 1.807) is 30.4 Å². The Morgan fingerprint density at radius 1 is 1.21 bits per heavy atom. The van der Waals surface area contributed by atoms with Crippen molar-refractivity contribution in [2.45, 2.75) is 38.7 Å². The third-order valence-electron chi connectivity index (χ3n) is 3.78. The lowest BCUT2D eigenvalue weighted by Gasteiger charge is -2.10. The molecule has 1 N–H and O–H groups in total. The topological polar surface area (TPSA) is 20.2 Å². The molecule has 0 aliphatic heterocycles. The highest BCUT2D eigenvalue weighted by molar-refractivity contribution is 7.12. The zero-order valence-corrected chi connectivity index (χ0v) is 11.8. The van der Waals surface area contributed by atoms with Crippen LogP contribution in [-0.2, 0) is 12.8 Å². The van der Waals surface area contributed by atoms with Gasteiger partial charge < -0.3 is 5.11 Å². The molecule has 3 heteroatoms. The van der Waals surface area contributed by atoms with E-state index in [9.17, 15) is 9.50 Å². The average Bonchev–Trinajstić information content (AvgIpc) is 2.85. The summed E-state index contributed by atoms with van der Waals surface area (Å²) in [6.07, 6.45) is 4.12. The average molecular weight is 276 g/mol. The van der Waals surface area contributed by atoms with Gasteiger partial charge in [0.25, 0.3) is 0 Å². The van der Waals surface area contributed by atoms with E-state index >= 15 is 0 Å². The fraction of sp³-hybridized carbons (Fsp3) is 0.375. The third kappa shape index (κ3) is 2.45. The lowest BCUT2D eigenvalue weighted by atomic mass is 9.98. The molecule has 0 fully saturated rings. The van der Waals surface area contributed by atoms with Crippen LogP contribution in [0.25, 0.3) is 0 Å². The van der Waals surface area contributed by atoms with Gasteiger partial charge in [-0.3, -0.25) is 0 Å². The first-order valence-electron chi connectivity index (χ1n) is 6.71. The molecule has 1 aliphatic rings. The van der Waals surface area contributed by atoms with Gasteiger partial charge in [0, 0.05) is 9.75 Å². The highest BCUT2D eigenvalue weighted by atomic mass is 32.1. The van der Waals surface area contributed by atoms with Crippen molar-refractivity contribution in [2.75, 3.05) is 0 Å². The number of fused-ring (bicyclic) bond motifs is 1. The highest BCUT2D eigenvalue weighted by Crippen LogP contribution is 2.35. The summed E-state index contributed by atoms with van der Waals surface area (Å²) < 4.78 is 13.3. The zero-order valence-electron chi connectivity index (χ0n) is 10.9. The molecule has 1 aliphatic carbocycles. The number of aliphatic hydroxyl groups excluding tert-OH is 1. The summed E-state index contributed by atoms with van der Waals surface area (Å²) in [5.74, 6) is -0.221. The summed E-state index contributed by atoms with van der Waals surface area (Å²) in [7, 11) is 0. The SMILES string of the molecule is Cc1cc(C(O)c2cc3c(s2)CCCC3)ccc1F. The molecule has 0 amide bonds. The maximum atomic E-state index is 13.3. The van der Waals surface area contributed by atoms with Crippen molar-refractivity contribution in [1.29, 1.82) is 0 Å². The molecule has 0 saturated heterocycles. The fourth-order valence-corrected chi connectivity index (χ4v) is 3.92. The molecule has 19 heavy (non-hydrogen) atoms. The van der Waals surface area contributed by atoms with Crippen molar-refractivity contribution in [3.8, 4) is 0 Å². The third-order valence-corrected chi connectivity index (χ3v) is 5.07. The molecule has 1 nitrogen and oxygen atoms in total. The molecule has 1 aromatic heterocycles. The standard InChI is InChI=1S/C16H17FOS/c1-10-8-12(6-7-13(10)17)16(18)15-9-11-4-2-3-5-14(11)19-15/h6-9,16,18H,2-5H2,1H3. The number of rotatable bonds is 2. The van der Waals surface area contributed by atoms with Crippen LogP contribution in [0.1, 0.15) is 45.4 Å². The lowest BCUT2D eigenvalue weighted by Crippen LogP contribution is -1.98. The van der Waals surface area contributed by atoms with Gasteiger partial charge in [0.2, 0.25) is 0 Å². The second-order valence-electron chi connectivity index (χ2n) is 5.22. The Bertz CT molecular complexity index is 579. The van der Waals surface area contributed by atoms with Gasteiger partial charge in [0.1, 0.15) is 11.9 Å². The Labute approximate surface area is 116 Å². The Kier molecular flexibility index (Phi) is 3.42. The number of aryl methyl sites for hydroxylation is 3. The van der Waals surface area contributed by atoms with Gasteiger partial charge in [-0.05, 0) is 61.4 Å². The predicted octanol–water partition coefficient (Wildman–Crippen LogP) is 4.16. The minimum atomic E-state index is -0.630. The number of halogens is 1. The van der Waals surface area contributed by atoms with Crippen molar-refractivity contribution in [3.63, 3.8) is 0 Å². The first-order chi connectivity index (χ1) is 9.15. The van der Waals surface area contributed by atoms with Gasteiger partial charge in [-0.15, -0.1) is 11.3 Å². The van der Waals surface area contributed by atoms with Gasteiger partial charge in [-0.1, -0.05) is 12.1 Å². The van der Waals surface area contributed by atoms with Crippen LogP contribution in [-0.4, -0.2) is 5.11 Å². The van der Waals surface area contributed by atoms with Crippen LogP contribution in [0, 0.1) is 12.7 Å². The van der Waals surface area contributed by atoms with Crippen LogP contribution in [0.4, 0.5) is 4.39 Å². The summed E-state index contributed by atoms with van der Waals surface area (Å²) in [6, 6.07) is 6.97. The van der Waals surface area contributed by atoms with E-state index in [4.69, 9.17) is 0 Å². The minimum Gasteiger partial charge on any atom is -0.383 e. The molecule has 1 heterocycles. The van der Waals surface area contributed by atoms with E-state index < -0.39 is 6.10 Å². The van der Waals surface area contributed by atoms with Gasteiger partial charge in [-0.2, -0.15) is 0 Å². The van der Waals surface area contributed by atoms with E-state index in [1.807, 2.05) is 0 Å². The first kappa shape index (κ1) is 12.8. The first-order valence-corrected chi connectivity index (χ1v) is 7.52. The maximum Gasteiger partial charge on any atom is 0.126 e. The van der Waals surface area contributed by atoms with Gasteiger partial charge in [-0.25, -0.2) is 4.39 Å². The normalized spacial score (nSPS) is 16.2. The molecule has 3 rings (SSSR count). The molecule has 1 aromatic carbocycles. The van der Waals surface area contributed by atoms with Crippen LogP contribution in [0.3, 0.4) is 0 Å². The molecule has 0 saturated carbocycles. The summed E-state index contributed by atoms with van der Waals surface area (Å²) in [6.45, 7) is 1.73. The number of thiophene rings is 1. The second-order valence-corrected chi connectivity index (χ2v) is 6.38. The molecule has 0 radical (unpaired) electrons. The summed E-state index contributed by atoms with van der Waals surface area (Å²) in [5, 5.41) is 10.4. The zero-order chi connectivity index (χ0) is 13.4. The van der Waals surface area contributed by atoms with Crippen LogP contribution in [0.2, 0.25) is 0 Å². The van der Waals surface area contributed by atoms with E-state index in [-0.39, 0.29) is 5.82 Å². The van der Waals surface area contributed by atoms with E-state index in [0.29, 0.717) is 5.56 Å². The Hall–Kier alpha value is -1.19. The minimum absolute atomic E-state index is 0.221. The maximum absolute atomic E-state index is 13.3. The van der Waals surface area contributed by atoms with Crippen molar-refractivity contribution in [3.05, 3.63) is 56.5 Å². The molecular formula is C16H17FOS. The molecule has 1 unspecified atom stereocenters. The Morgan fingerprint density at radius 3 is 2.74 bits per heavy atom. The van der Waals surface area contributed by atoms with Crippen molar-refractivity contribution >= 4 is 11.3 Å². The summed E-state index contributed by atoms with van der Waals surface area (Å²) in [4.78, 5) is 2.40.